The third kappa shape index (κ3) is 4.27. The fraction of sp³-hybridized carbons (Fsp3) is 0.318. The van der Waals surface area contributed by atoms with Gasteiger partial charge in [-0.1, -0.05) is 23.7 Å². The summed E-state index contributed by atoms with van der Waals surface area (Å²) < 4.78 is 0. The first-order chi connectivity index (χ1) is 14.0. The molecule has 1 N–H and O–H groups in total. The largest absolute Gasteiger partial charge is 0.370 e. The van der Waals surface area contributed by atoms with Gasteiger partial charge in [0.15, 0.2) is 0 Å². The van der Waals surface area contributed by atoms with Crippen molar-refractivity contribution in [3.63, 3.8) is 0 Å². The van der Waals surface area contributed by atoms with E-state index in [-0.39, 0.29) is 37.1 Å². The first-order valence-corrected chi connectivity index (χ1v) is 10.2. The normalized spacial score (nSPS) is 16.6. The van der Waals surface area contributed by atoms with Crippen molar-refractivity contribution in [1.29, 1.82) is 0 Å². The molecule has 0 aromatic heterocycles. The lowest BCUT2D eigenvalue weighted by molar-refractivity contribution is -0.139. The molecule has 0 saturated carbocycles. The molecule has 2 aliphatic heterocycles. The number of halogens is 1. The van der Waals surface area contributed by atoms with Crippen molar-refractivity contribution < 1.29 is 14.4 Å². The molecule has 2 aliphatic rings. The van der Waals surface area contributed by atoms with E-state index < -0.39 is 0 Å². The van der Waals surface area contributed by atoms with Crippen LogP contribution >= 0.6 is 11.6 Å². The number of hydrogen-bond acceptors (Lipinski definition) is 4. The number of nitrogens with zero attached hydrogens (tertiary/aromatic N) is 2. The van der Waals surface area contributed by atoms with Crippen molar-refractivity contribution in [3.8, 4) is 0 Å². The van der Waals surface area contributed by atoms with Crippen molar-refractivity contribution >= 4 is 40.7 Å². The maximum absolute atomic E-state index is 12.8. The quantitative estimate of drug-likeness (QED) is 0.759. The van der Waals surface area contributed by atoms with Gasteiger partial charge >= 0.3 is 0 Å². The highest BCUT2D eigenvalue weighted by molar-refractivity contribution is 6.31. The Morgan fingerprint density at radius 2 is 1.62 bits per heavy atom. The second-order valence-corrected chi connectivity index (χ2v) is 7.82. The number of benzene rings is 2. The van der Waals surface area contributed by atoms with Gasteiger partial charge in [-0.15, -0.1) is 0 Å². The van der Waals surface area contributed by atoms with Crippen molar-refractivity contribution in [3.05, 3.63) is 58.6 Å². The number of imide groups is 1. The van der Waals surface area contributed by atoms with E-state index in [4.69, 9.17) is 11.6 Å². The average Bonchev–Trinajstić information content (AvgIpc) is 3.35. The van der Waals surface area contributed by atoms with Gasteiger partial charge in [0.2, 0.25) is 11.8 Å². The SMILES string of the molecule is O=C(Nc1cc(Cl)ccc1N1CCCC1)c1ccc(CN2C(=O)CCC2=O)cc1. The fourth-order valence-electron chi connectivity index (χ4n) is 3.78. The molecule has 0 radical (unpaired) electrons. The molecular formula is C22H22ClN3O3. The highest BCUT2D eigenvalue weighted by Gasteiger charge is 2.28. The van der Waals surface area contributed by atoms with Gasteiger partial charge in [0.1, 0.15) is 0 Å². The summed E-state index contributed by atoms with van der Waals surface area (Å²) in [7, 11) is 0. The Morgan fingerprint density at radius 3 is 2.28 bits per heavy atom. The summed E-state index contributed by atoms with van der Waals surface area (Å²) in [4.78, 5) is 39.8. The van der Waals surface area contributed by atoms with Crippen molar-refractivity contribution in [2.24, 2.45) is 0 Å². The Hall–Kier alpha value is -2.86. The Balaban J connectivity index is 1.47. The number of hydrogen-bond donors (Lipinski definition) is 1. The zero-order valence-corrected chi connectivity index (χ0v) is 16.7. The van der Waals surface area contributed by atoms with E-state index in [0.717, 1.165) is 37.2 Å². The van der Waals surface area contributed by atoms with Crippen molar-refractivity contribution in [2.75, 3.05) is 23.3 Å². The Kier molecular flexibility index (Phi) is 5.53. The van der Waals surface area contributed by atoms with Gasteiger partial charge in [0.25, 0.3) is 5.91 Å². The predicted octanol–water partition coefficient (Wildman–Crippen LogP) is 3.84. The van der Waals surface area contributed by atoms with E-state index >= 15 is 0 Å². The average molecular weight is 412 g/mol. The lowest BCUT2D eigenvalue weighted by Gasteiger charge is -2.22. The number of amides is 3. The first kappa shape index (κ1) is 19.5. The number of nitrogens with one attached hydrogen (secondary N) is 1. The standard InChI is InChI=1S/C22H22ClN3O3/c23-17-7-8-19(25-11-1-2-12-25)18(13-17)24-22(29)16-5-3-15(4-6-16)14-26-20(27)9-10-21(26)28/h3-8,13H,1-2,9-12,14H2,(H,24,29). The van der Waals surface area contributed by atoms with Crippen LogP contribution in [0.2, 0.25) is 5.02 Å². The molecule has 3 amide bonds. The second kappa shape index (κ2) is 8.25. The smallest absolute Gasteiger partial charge is 0.255 e. The highest BCUT2D eigenvalue weighted by atomic mass is 35.5. The van der Waals surface area contributed by atoms with Crippen LogP contribution in [0.4, 0.5) is 11.4 Å². The molecule has 2 fully saturated rings. The van der Waals surface area contributed by atoms with Crippen molar-refractivity contribution in [2.45, 2.75) is 32.2 Å². The third-order valence-electron chi connectivity index (χ3n) is 5.37. The minimum Gasteiger partial charge on any atom is -0.370 e. The maximum Gasteiger partial charge on any atom is 0.255 e. The molecule has 0 aliphatic carbocycles. The molecule has 0 unspecified atom stereocenters. The molecule has 6 nitrogen and oxygen atoms in total. The summed E-state index contributed by atoms with van der Waals surface area (Å²) in [6, 6.07) is 12.5. The molecule has 2 heterocycles. The van der Waals surface area contributed by atoms with E-state index in [1.54, 1.807) is 30.3 Å². The monoisotopic (exact) mass is 411 g/mol. The van der Waals surface area contributed by atoms with Crippen LogP contribution in [0.15, 0.2) is 42.5 Å². The first-order valence-electron chi connectivity index (χ1n) is 9.79. The number of carbonyl (C=O) groups is 3. The van der Waals surface area contributed by atoms with Crippen LogP contribution in [0.3, 0.4) is 0 Å². The topological polar surface area (TPSA) is 69.7 Å². The Morgan fingerprint density at radius 1 is 0.966 bits per heavy atom. The van der Waals surface area contributed by atoms with Crippen LogP contribution in [-0.2, 0) is 16.1 Å². The molecule has 0 atom stereocenters. The number of rotatable bonds is 5. The summed E-state index contributed by atoms with van der Waals surface area (Å²) in [5, 5.41) is 3.54. The zero-order chi connectivity index (χ0) is 20.4. The van der Waals surface area contributed by atoms with E-state index in [1.807, 2.05) is 12.1 Å². The van der Waals surface area contributed by atoms with E-state index in [0.29, 0.717) is 16.3 Å². The van der Waals surface area contributed by atoms with Gasteiger partial charge in [-0.2, -0.15) is 0 Å². The minimum atomic E-state index is -0.229. The van der Waals surface area contributed by atoms with Gasteiger partial charge in [-0.3, -0.25) is 19.3 Å². The number of likely N-dealkylation sites (tertiary alicyclic amines) is 1. The fourth-order valence-corrected chi connectivity index (χ4v) is 3.95. The minimum absolute atomic E-state index is 0.146. The molecule has 4 rings (SSSR count). The van der Waals surface area contributed by atoms with Crippen LogP contribution in [0.1, 0.15) is 41.6 Å². The number of anilines is 2. The molecule has 29 heavy (non-hydrogen) atoms. The molecule has 0 spiro atoms. The number of carbonyl (C=O) groups excluding carboxylic acids is 3. The van der Waals surface area contributed by atoms with Crippen LogP contribution in [0, 0.1) is 0 Å². The van der Waals surface area contributed by atoms with Crippen LogP contribution in [0.5, 0.6) is 0 Å². The summed E-state index contributed by atoms with van der Waals surface area (Å²) in [6.45, 7) is 2.17. The molecule has 150 valence electrons. The van der Waals surface area contributed by atoms with Gasteiger partial charge in [0.05, 0.1) is 17.9 Å². The molecule has 7 heteroatoms. The maximum atomic E-state index is 12.8. The summed E-state index contributed by atoms with van der Waals surface area (Å²) in [5.41, 5.74) is 2.98. The molecule has 0 bridgehead atoms. The van der Waals surface area contributed by atoms with E-state index in [1.165, 1.54) is 4.90 Å². The van der Waals surface area contributed by atoms with Gasteiger partial charge < -0.3 is 10.2 Å². The molecule has 2 aromatic rings. The van der Waals surface area contributed by atoms with E-state index in [2.05, 4.69) is 10.2 Å². The van der Waals surface area contributed by atoms with Crippen molar-refractivity contribution in [1.82, 2.24) is 4.90 Å². The third-order valence-corrected chi connectivity index (χ3v) is 5.60. The Bertz CT molecular complexity index is 936. The summed E-state index contributed by atoms with van der Waals surface area (Å²) in [5.74, 6) is -0.521. The zero-order valence-electron chi connectivity index (χ0n) is 16.0. The van der Waals surface area contributed by atoms with E-state index in [9.17, 15) is 14.4 Å². The lowest BCUT2D eigenvalue weighted by atomic mass is 10.1. The van der Waals surface area contributed by atoms with Gasteiger partial charge in [0, 0.05) is 36.5 Å². The molecular weight excluding hydrogens is 390 g/mol. The summed E-state index contributed by atoms with van der Waals surface area (Å²) in [6.07, 6.45) is 2.83. The van der Waals surface area contributed by atoms with Crippen LogP contribution < -0.4 is 10.2 Å². The lowest BCUT2D eigenvalue weighted by Crippen LogP contribution is -2.28. The van der Waals surface area contributed by atoms with Crippen LogP contribution in [0.25, 0.3) is 0 Å². The highest BCUT2D eigenvalue weighted by Crippen LogP contribution is 2.32. The Labute approximate surface area is 174 Å². The van der Waals surface area contributed by atoms with Crippen LogP contribution in [-0.4, -0.2) is 35.7 Å². The second-order valence-electron chi connectivity index (χ2n) is 7.38. The molecule has 2 aromatic carbocycles. The molecule has 2 saturated heterocycles. The van der Waals surface area contributed by atoms with Gasteiger partial charge in [-0.25, -0.2) is 0 Å². The summed E-state index contributed by atoms with van der Waals surface area (Å²) >= 11 is 6.15. The van der Waals surface area contributed by atoms with Gasteiger partial charge in [-0.05, 0) is 48.7 Å². The predicted molar refractivity (Wildman–Crippen MR) is 112 cm³/mol.